The first-order chi connectivity index (χ1) is 15.5. The second-order valence-corrected chi connectivity index (χ2v) is 9.95. The molecule has 0 spiro atoms. The van der Waals surface area contributed by atoms with Gasteiger partial charge in [0.15, 0.2) is 0 Å². The van der Waals surface area contributed by atoms with Crippen LogP contribution in [0, 0.1) is 0 Å². The van der Waals surface area contributed by atoms with Crippen LogP contribution in [0.15, 0.2) is 30.7 Å². The van der Waals surface area contributed by atoms with Crippen molar-refractivity contribution in [2.75, 3.05) is 51.4 Å². The molecule has 6 rings (SSSR count). The van der Waals surface area contributed by atoms with E-state index in [1.54, 1.807) is 7.11 Å². The predicted molar refractivity (Wildman–Crippen MR) is 124 cm³/mol. The van der Waals surface area contributed by atoms with Crippen molar-refractivity contribution in [1.82, 2.24) is 24.5 Å². The molecule has 3 fully saturated rings. The quantitative estimate of drug-likeness (QED) is 0.588. The maximum absolute atomic E-state index is 6.72. The van der Waals surface area contributed by atoms with E-state index in [0.717, 1.165) is 79.5 Å². The first-order valence-corrected chi connectivity index (χ1v) is 11.7. The number of halogens is 1. The Bertz CT molecular complexity index is 1120. The summed E-state index contributed by atoms with van der Waals surface area (Å²) < 4.78 is 14.9. The molecule has 2 aliphatic heterocycles. The number of piperazine rings is 1. The highest BCUT2D eigenvalue weighted by Crippen LogP contribution is 2.36. The molecule has 0 bridgehead atoms. The van der Waals surface area contributed by atoms with Crippen LogP contribution in [0.3, 0.4) is 0 Å². The van der Waals surface area contributed by atoms with Crippen LogP contribution in [0.25, 0.3) is 16.6 Å². The number of hydrogen-bond donors (Lipinski definition) is 0. The van der Waals surface area contributed by atoms with Crippen molar-refractivity contribution < 1.29 is 9.47 Å². The summed E-state index contributed by atoms with van der Waals surface area (Å²) in [5, 5.41) is 11.0. The Hall–Kier alpha value is -2.13. The molecule has 4 heterocycles. The van der Waals surface area contributed by atoms with Crippen molar-refractivity contribution in [3.05, 3.63) is 35.7 Å². The smallest absolute Gasteiger partial charge is 0.103 e. The van der Waals surface area contributed by atoms with Crippen molar-refractivity contribution in [3.8, 4) is 5.69 Å². The molecule has 1 aliphatic carbocycles. The van der Waals surface area contributed by atoms with Crippen LogP contribution >= 0.6 is 11.6 Å². The van der Waals surface area contributed by atoms with E-state index in [-0.39, 0.29) is 5.54 Å². The molecule has 3 aliphatic rings. The number of aromatic nitrogens is 4. The van der Waals surface area contributed by atoms with Crippen LogP contribution in [0.5, 0.6) is 0 Å². The largest absolute Gasteiger partial charge is 0.381 e. The average molecular weight is 457 g/mol. The number of methoxy groups -OCH3 is 1. The summed E-state index contributed by atoms with van der Waals surface area (Å²) in [5.74, 6) is 0. The molecule has 0 amide bonds. The lowest BCUT2D eigenvalue weighted by molar-refractivity contribution is -0.131. The average Bonchev–Trinajstić information content (AvgIpc) is 3.37. The number of nitrogens with zero attached hydrogens (tertiary/aromatic N) is 6. The molecule has 8 nitrogen and oxygen atoms in total. The van der Waals surface area contributed by atoms with Gasteiger partial charge in [0.25, 0.3) is 0 Å². The van der Waals surface area contributed by atoms with Gasteiger partial charge in [0.1, 0.15) is 5.69 Å². The molecule has 3 aromatic rings. The second-order valence-electron chi connectivity index (χ2n) is 9.54. The summed E-state index contributed by atoms with van der Waals surface area (Å²) in [6, 6.07) is 4.61. The first kappa shape index (κ1) is 20.5. The van der Waals surface area contributed by atoms with Gasteiger partial charge in [-0.05, 0) is 31.9 Å². The van der Waals surface area contributed by atoms with Crippen LogP contribution in [0.4, 0.5) is 5.69 Å². The van der Waals surface area contributed by atoms with Crippen molar-refractivity contribution in [3.63, 3.8) is 0 Å². The summed E-state index contributed by atoms with van der Waals surface area (Å²) in [6.45, 7) is 7.90. The van der Waals surface area contributed by atoms with E-state index in [9.17, 15) is 0 Å². The van der Waals surface area contributed by atoms with E-state index in [4.69, 9.17) is 21.1 Å². The van der Waals surface area contributed by atoms with Gasteiger partial charge in [-0.1, -0.05) is 11.6 Å². The third-order valence-electron chi connectivity index (χ3n) is 7.46. The highest BCUT2D eigenvalue weighted by Gasteiger charge is 2.40. The van der Waals surface area contributed by atoms with Gasteiger partial charge in [-0.25, -0.2) is 4.68 Å². The Balaban J connectivity index is 1.24. The van der Waals surface area contributed by atoms with Gasteiger partial charge in [0, 0.05) is 38.7 Å². The van der Waals surface area contributed by atoms with E-state index in [1.807, 2.05) is 27.8 Å². The minimum absolute atomic E-state index is 0.197. The first-order valence-electron chi connectivity index (χ1n) is 11.4. The normalized spacial score (nSPS) is 25.7. The fourth-order valence-electron chi connectivity index (χ4n) is 5.13. The molecule has 1 saturated carbocycles. The van der Waals surface area contributed by atoms with Gasteiger partial charge in [-0.2, -0.15) is 10.2 Å². The maximum Gasteiger partial charge on any atom is 0.103 e. The lowest BCUT2D eigenvalue weighted by Crippen LogP contribution is -2.64. The topological polar surface area (TPSA) is 60.6 Å². The van der Waals surface area contributed by atoms with E-state index < -0.39 is 0 Å². The highest BCUT2D eigenvalue weighted by molar-refractivity contribution is 6.34. The lowest BCUT2D eigenvalue weighted by atomic mass is 9.89. The van der Waals surface area contributed by atoms with E-state index in [0.29, 0.717) is 12.1 Å². The number of rotatable bonds is 5. The molecule has 0 N–H and O–H groups in total. The molecule has 9 heteroatoms. The Morgan fingerprint density at radius 3 is 2.56 bits per heavy atom. The maximum atomic E-state index is 6.72. The summed E-state index contributed by atoms with van der Waals surface area (Å²) in [7, 11) is 1.77. The van der Waals surface area contributed by atoms with Gasteiger partial charge in [0.2, 0.25) is 0 Å². The van der Waals surface area contributed by atoms with Gasteiger partial charge in [-0.3, -0.25) is 9.58 Å². The minimum atomic E-state index is 0.197. The number of benzene rings is 1. The van der Waals surface area contributed by atoms with E-state index in [1.165, 1.54) is 0 Å². The third kappa shape index (κ3) is 3.32. The van der Waals surface area contributed by atoms with Crippen molar-refractivity contribution >= 4 is 28.2 Å². The van der Waals surface area contributed by atoms with E-state index in [2.05, 4.69) is 39.2 Å². The number of fused-ring (bicyclic) bond motifs is 1. The van der Waals surface area contributed by atoms with Crippen molar-refractivity contribution in [2.24, 2.45) is 0 Å². The zero-order valence-corrected chi connectivity index (χ0v) is 19.3. The molecular formula is C23H29ClN6O2. The monoisotopic (exact) mass is 456 g/mol. The van der Waals surface area contributed by atoms with Crippen LogP contribution in [0.1, 0.15) is 25.8 Å². The van der Waals surface area contributed by atoms with Gasteiger partial charge >= 0.3 is 0 Å². The molecule has 2 saturated heterocycles. The van der Waals surface area contributed by atoms with Crippen molar-refractivity contribution in [2.45, 2.75) is 37.5 Å². The number of ether oxygens (including phenoxy) is 2. The van der Waals surface area contributed by atoms with Gasteiger partial charge in [0.05, 0.1) is 65.7 Å². The van der Waals surface area contributed by atoms with Crippen LogP contribution < -0.4 is 4.90 Å². The van der Waals surface area contributed by atoms with Gasteiger partial charge in [-0.15, -0.1) is 0 Å². The number of anilines is 1. The Labute approximate surface area is 192 Å². The zero-order valence-electron chi connectivity index (χ0n) is 18.6. The molecule has 170 valence electrons. The molecular weight excluding hydrogens is 428 g/mol. The molecule has 32 heavy (non-hydrogen) atoms. The molecule has 0 unspecified atom stereocenters. The Morgan fingerprint density at radius 2 is 1.88 bits per heavy atom. The summed E-state index contributed by atoms with van der Waals surface area (Å²) in [6.07, 6.45) is 8.21. The summed E-state index contributed by atoms with van der Waals surface area (Å²) in [4.78, 5) is 4.94. The van der Waals surface area contributed by atoms with Crippen LogP contribution in [-0.2, 0) is 9.47 Å². The fraction of sp³-hybridized carbons (Fsp3) is 0.565. The fourth-order valence-corrected chi connectivity index (χ4v) is 5.43. The van der Waals surface area contributed by atoms with Crippen molar-refractivity contribution in [1.29, 1.82) is 0 Å². The van der Waals surface area contributed by atoms with Crippen LogP contribution in [0.2, 0.25) is 5.02 Å². The SMILES string of the molecule is COC1CC(n2cc(-n3ncc4cc(Cl)c(N5CCN(C6(C)COC6)CC5)cc43)cn2)C1. The Kier molecular flexibility index (Phi) is 4.94. The molecule has 1 aromatic carbocycles. The second kappa shape index (κ2) is 7.73. The molecule has 0 atom stereocenters. The van der Waals surface area contributed by atoms with Crippen LogP contribution in [-0.4, -0.2) is 82.6 Å². The third-order valence-corrected chi connectivity index (χ3v) is 7.76. The highest BCUT2D eigenvalue weighted by atomic mass is 35.5. The Morgan fingerprint density at radius 1 is 1.09 bits per heavy atom. The summed E-state index contributed by atoms with van der Waals surface area (Å²) >= 11 is 6.72. The van der Waals surface area contributed by atoms with Gasteiger partial charge < -0.3 is 14.4 Å². The molecule has 0 radical (unpaired) electrons. The lowest BCUT2D eigenvalue weighted by Gasteiger charge is -2.50. The summed E-state index contributed by atoms with van der Waals surface area (Å²) in [5.41, 5.74) is 3.29. The zero-order chi connectivity index (χ0) is 21.9. The number of hydrogen-bond acceptors (Lipinski definition) is 6. The molecule has 2 aromatic heterocycles. The minimum Gasteiger partial charge on any atom is -0.381 e. The predicted octanol–water partition coefficient (Wildman–Crippen LogP) is 3.14. The standard InChI is InChI=1S/C23H29ClN6O2/c1-23(14-32-15-23)28-5-3-27(4-6-28)22-10-21-16(7-20(22)24)11-26-30(21)18-12-25-29(13-18)17-8-19(9-17)31-2/h7,10-13,17,19H,3-6,8-9,14-15H2,1-2H3. The van der Waals surface area contributed by atoms with E-state index >= 15 is 0 Å².